The monoisotopic (exact) mass is 333 g/mol. The third-order valence-electron chi connectivity index (χ3n) is 3.78. The van der Waals surface area contributed by atoms with Gasteiger partial charge in [-0.25, -0.2) is 0 Å². The number of ether oxygens (including phenoxy) is 1. The van der Waals surface area contributed by atoms with Gasteiger partial charge in [-0.3, -0.25) is 4.79 Å². The van der Waals surface area contributed by atoms with Gasteiger partial charge in [0, 0.05) is 24.8 Å². The molecule has 1 N–H and O–H groups in total. The minimum atomic E-state index is -0.871. The predicted molar refractivity (Wildman–Crippen MR) is 92.9 cm³/mol. The fourth-order valence-corrected chi connectivity index (χ4v) is 2.67. The van der Waals surface area contributed by atoms with E-state index >= 15 is 0 Å². The summed E-state index contributed by atoms with van der Waals surface area (Å²) in [6.07, 6.45) is 0.320. The molecule has 1 atom stereocenters. The van der Waals surface area contributed by atoms with Crippen LogP contribution in [0.2, 0.25) is 5.02 Å². The van der Waals surface area contributed by atoms with E-state index in [0.717, 1.165) is 16.8 Å². The van der Waals surface area contributed by atoms with Crippen molar-refractivity contribution < 1.29 is 14.6 Å². The molecule has 5 heteroatoms. The van der Waals surface area contributed by atoms with Crippen molar-refractivity contribution >= 4 is 23.3 Å². The van der Waals surface area contributed by atoms with Gasteiger partial charge in [-0.2, -0.15) is 0 Å². The zero-order valence-corrected chi connectivity index (χ0v) is 14.2. The maximum absolute atomic E-state index is 11.7. The van der Waals surface area contributed by atoms with Crippen LogP contribution in [0.1, 0.15) is 17.0 Å². The molecule has 0 saturated heterocycles. The molecule has 0 spiro atoms. The van der Waals surface area contributed by atoms with E-state index in [-0.39, 0.29) is 0 Å². The quantitative estimate of drug-likeness (QED) is 0.873. The number of carboxylic acids is 1. The zero-order chi connectivity index (χ0) is 17.0. The summed E-state index contributed by atoms with van der Waals surface area (Å²) >= 11 is 6.03. The van der Waals surface area contributed by atoms with E-state index in [4.69, 9.17) is 16.3 Å². The minimum absolute atomic E-state index is 0.320. The van der Waals surface area contributed by atoms with Crippen molar-refractivity contribution in [1.29, 1.82) is 0 Å². The van der Waals surface area contributed by atoms with E-state index < -0.39 is 11.9 Å². The van der Waals surface area contributed by atoms with Crippen LogP contribution in [0.4, 0.5) is 5.69 Å². The van der Waals surface area contributed by atoms with E-state index in [1.807, 2.05) is 43.3 Å². The first-order valence-electron chi connectivity index (χ1n) is 7.25. The number of anilines is 1. The maximum atomic E-state index is 11.7. The second-order valence-corrected chi connectivity index (χ2v) is 5.97. The number of hydrogen-bond acceptors (Lipinski definition) is 3. The first-order valence-corrected chi connectivity index (χ1v) is 7.62. The molecule has 0 saturated carbocycles. The summed E-state index contributed by atoms with van der Waals surface area (Å²) < 4.78 is 5.31. The number of nitrogens with zero attached hydrogens (tertiary/aromatic N) is 1. The largest absolute Gasteiger partial charge is 0.496 e. The molecule has 0 aromatic heterocycles. The summed E-state index contributed by atoms with van der Waals surface area (Å²) in [7, 11) is 5.45. The summed E-state index contributed by atoms with van der Waals surface area (Å²) in [5.74, 6) is -0.881. The van der Waals surface area contributed by atoms with Crippen LogP contribution in [-0.2, 0) is 11.2 Å². The third kappa shape index (κ3) is 4.17. The van der Waals surface area contributed by atoms with Crippen molar-refractivity contribution in [2.45, 2.75) is 12.3 Å². The van der Waals surface area contributed by atoms with Crippen molar-refractivity contribution in [1.82, 2.24) is 0 Å². The number of rotatable bonds is 6. The summed E-state index contributed by atoms with van der Waals surface area (Å²) in [4.78, 5) is 13.7. The van der Waals surface area contributed by atoms with Gasteiger partial charge in [-0.15, -0.1) is 0 Å². The summed E-state index contributed by atoms with van der Waals surface area (Å²) in [5, 5.41) is 10.2. The van der Waals surface area contributed by atoms with Crippen molar-refractivity contribution in [2.75, 3.05) is 26.1 Å². The molecular weight excluding hydrogens is 314 g/mol. The van der Waals surface area contributed by atoms with Gasteiger partial charge in [0.1, 0.15) is 5.75 Å². The molecule has 0 fully saturated rings. The summed E-state index contributed by atoms with van der Waals surface area (Å²) in [5.41, 5.74) is 2.56. The zero-order valence-electron chi connectivity index (χ0n) is 13.4. The Morgan fingerprint density at radius 2 is 1.87 bits per heavy atom. The van der Waals surface area contributed by atoms with Crippen LogP contribution >= 0.6 is 11.6 Å². The Labute approximate surface area is 141 Å². The Hall–Kier alpha value is -2.20. The number of hydrogen-bond donors (Lipinski definition) is 1. The Morgan fingerprint density at radius 1 is 1.22 bits per heavy atom. The lowest BCUT2D eigenvalue weighted by molar-refractivity contribution is -0.138. The lowest BCUT2D eigenvalue weighted by atomic mass is 9.91. The molecule has 0 radical (unpaired) electrons. The molecule has 0 aliphatic carbocycles. The topological polar surface area (TPSA) is 49.8 Å². The molecular formula is C18H20ClNO3. The van der Waals surface area contributed by atoms with E-state index in [2.05, 4.69) is 0 Å². The van der Waals surface area contributed by atoms with E-state index in [1.54, 1.807) is 25.3 Å². The van der Waals surface area contributed by atoms with Crippen molar-refractivity contribution in [3.8, 4) is 5.75 Å². The molecule has 0 amide bonds. The van der Waals surface area contributed by atoms with Crippen molar-refractivity contribution in [3.05, 3.63) is 58.6 Å². The van der Waals surface area contributed by atoms with Gasteiger partial charge >= 0.3 is 5.97 Å². The van der Waals surface area contributed by atoms with E-state index in [9.17, 15) is 9.90 Å². The van der Waals surface area contributed by atoms with Crippen LogP contribution in [0.5, 0.6) is 5.75 Å². The molecule has 2 rings (SSSR count). The van der Waals surface area contributed by atoms with Gasteiger partial charge in [0.25, 0.3) is 0 Å². The number of carboxylic acid groups (broad SMARTS) is 1. The Kier molecular flexibility index (Phi) is 5.50. The first kappa shape index (κ1) is 17.2. The fourth-order valence-electron chi connectivity index (χ4n) is 2.48. The van der Waals surface area contributed by atoms with Crippen LogP contribution in [0.3, 0.4) is 0 Å². The van der Waals surface area contributed by atoms with Crippen LogP contribution in [0, 0.1) is 0 Å². The van der Waals surface area contributed by atoms with Gasteiger partial charge in [0.2, 0.25) is 0 Å². The van der Waals surface area contributed by atoms with Crippen LogP contribution in [-0.4, -0.2) is 32.3 Å². The van der Waals surface area contributed by atoms with Gasteiger partial charge in [0.15, 0.2) is 0 Å². The lowest BCUT2D eigenvalue weighted by Gasteiger charge is -2.17. The van der Waals surface area contributed by atoms with Crippen LogP contribution in [0.25, 0.3) is 0 Å². The standard InChI is InChI=1S/C18H20ClNO3/c1-20(2)15-7-4-12(5-8-15)16(18(21)22)11-13-10-14(19)6-9-17(13)23-3/h4-10,16H,11H2,1-3H3,(H,21,22). The smallest absolute Gasteiger partial charge is 0.311 e. The molecule has 0 aliphatic rings. The second-order valence-electron chi connectivity index (χ2n) is 5.54. The average Bonchev–Trinajstić information content (AvgIpc) is 2.52. The third-order valence-corrected chi connectivity index (χ3v) is 4.01. The number of aliphatic carboxylic acids is 1. The van der Waals surface area contributed by atoms with Crippen molar-refractivity contribution in [2.24, 2.45) is 0 Å². The number of carbonyl (C=O) groups is 1. The van der Waals surface area contributed by atoms with Crippen LogP contribution in [0.15, 0.2) is 42.5 Å². The SMILES string of the molecule is COc1ccc(Cl)cc1CC(C(=O)O)c1ccc(N(C)C)cc1. The Bertz CT molecular complexity index is 683. The van der Waals surface area contributed by atoms with Crippen LogP contribution < -0.4 is 9.64 Å². The van der Waals surface area contributed by atoms with E-state index in [1.165, 1.54) is 0 Å². The lowest BCUT2D eigenvalue weighted by Crippen LogP contribution is -2.15. The highest BCUT2D eigenvalue weighted by atomic mass is 35.5. The minimum Gasteiger partial charge on any atom is -0.496 e. The molecule has 23 heavy (non-hydrogen) atoms. The van der Waals surface area contributed by atoms with Gasteiger partial charge < -0.3 is 14.7 Å². The highest BCUT2D eigenvalue weighted by molar-refractivity contribution is 6.30. The fraction of sp³-hybridized carbons (Fsp3) is 0.278. The normalized spacial score (nSPS) is 11.8. The Morgan fingerprint density at radius 3 is 2.39 bits per heavy atom. The van der Waals surface area contributed by atoms with Gasteiger partial charge in [-0.05, 0) is 47.9 Å². The van der Waals surface area contributed by atoms with E-state index in [0.29, 0.717) is 17.2 Å². The van der Waals surface area contributed by atoms with Gasteiger partial charge in [-0.1, -0.05) is 23.7 Å². The summed E-state index contributed by atoms with van der Waals surface area (Å²) in [6.45, 7) is 0. The number of methoxy groups -OCH3 is 1. The number of benzene rings is 2. The van der Waals surface area contributed by atoms with Crippen molar-refractivity contribution in [3.63, 3.8) is 0 Å². The molecule has 122 valence electrons. The predicted octanol–water partition coefficient (Wildman–Crippen LogP) is 3.83. The molecule has 2 aromatic carbocycles. The highest BCUT2D eigenvalue weighted by Gasteiger charge is 2.22. The molecule has 2 aromatic rings. The second kappa shape index (κ2) is 7.38. The highest BCUT2D eigenvalue weighted by Crippen LogP contribution is 2.30. The molecule has 4 nitrogen and oxygen atoms in total. The first-order chi connectivity index (χ1) is 10.9. The molecule has 0 heterocycles. The molecule has 1 unspecified atom stereocenters. The molecule has 0 bridgehead atoms. The maximum Gasteiger partial charge on any atom is 0.311 e. The summed E-state index contributed by atoms with van der Waals surface area (Å²) in [6, 6.07) is 12.8. The Balaban J connectivity index is 2.32. The molecule has 0 aliphatic heterocycles. The average molecular weight is 334 g/mol. The van der Waals surface area contributed by atoms with Gasteiger partial charge in [0.05, 0.1) is 13.0 Å². The number of halogens is 1.